The maximum Gasteiger partial charge on any atom is 0.329 e. The molecule has 0 saturated heterocycles. The Hall–Kier alpha value is -3.18. The lowest BCUT2D eigenvalue weighted by molar-refractivity contribution is 0.414. The molecule has 0 aliphatic heterocycles. The molecule has 0 fully saturated rings. The van der Waals surface area contributed by atoms with Gasteiger partial charge in [-0.2, -0.15) is 0 Å². The number of imidazole rings is 1. The molecule has 160 valence electrons. The second-order valence-corrected chi connectivity index (χ2v) is 8.30. The Labute approximate surface area is 187 Å². The van der Waals surface area contributed by atoms with E-state index in [9.17, 15) is 4.79 Å². The number of nitrogens with zero attached hydrogens (tertiary/aromatic N) is 3. The molecule has 1 heterocycles. The molecule has 1 aromatic heterocycles. The van der Waals surface area contributed by atoms with Crippen molar-refractivity contribution in [2.75, 3.05) is 12.0 Å². The highest BCUT2D eigenvalue weighted by atomic mass is 35.5. The summed E-state index contributed by atoms with van der Waals surface area (Å²) in [5, 5.41) is 0.698. The topological polar surface area (TPSA) is 39.4 Å². The Bertz CT molecular complexity index is 1260. The standard InChI is InChI=1S/C25H26ClN3O2/c1-17(2)29(20-12-10-19(26)11-13-20)23-7-5-6-22-24(23)27(3)25(30)28(22)16-18-8-14-21(31-4)15-9-18/h5-15,17H,16H2,1-4H3. The summed E-state index contributed by atoms with van der Waals surface area (Å²) in [5.41, 5.74) is 4.83. The number of benzene rings is 3. The fraction of sp³-hybridized carbons (Fsp3) is 0.240. The van der Waals surface area contributed by atoms with E-state index in [4.69, 9.17) is 16.3 Å². The highest BCUT2D eigenvalue weighted by molar-refractivity contribution is 6.30. The first-order valence-corrected chi connectivity index (χ1v) is 10.6. The van der Waals surface area contributed by atoms with Gasteiger partial charge in [-0.3, -0.25) is 9.13 Å². The number of rotatable bonds is 6. The number of para-hydroxylation sites is 1. The number of halogens is 1. The summed E-state index contributed by atoms with van der Waals surface area (Å²) in [4.78, 5) is 15.4. The Morgan fingerprint density at radius 2 is 1.68 bits per heavy atom. The highest BCUT2D eigenvalue weighted by Crippen LogP contribution is 2.34. The van der Waals surface area contributed by atoms with Gasteiger partial charge in [-0.15, -0.1) is 0 Å². The van der Waals surface area contributed by atoms with Crippen LogP contribution < -0.4 is 15.3 Å². The van der Waals surface area contributed by atoms with Crippen molar-refractivity contribution in [3.05, 3.63) is 87.8 Å². The molecular weight excluding hydrogens is 410 g/mol. The molecule has 6 heteroatoms. The summed E-state index contributed by atoms with van der Waals surface area (Å²) in [7, 11) is 3.48. The van der Waals surface area contributed by atoms with Crippen LogP contribution in [0.5, 0.6) is 5.75 Å². The van der Waals surface area contributed by atoms with Gasteiger partial charge in [0.25, 0.3) is 0 Å². The highest BCUT2D eigenvalue weighted by Gasteiger charge is 2.21. The lowest BCUT2D eigenvalue weighted by Crippen LogP contribution is -2.26. The normalized spacial score (nSPS) is 11.3. The summed E-state index contributed by atoms with van der Waals surface area (Å²) >= 11 is 6.11. The minimum Gasteiger partial charge on any atom is -0.497 e. The molecule has 0 unspecified atom stereocenters. The first-order chi connectivity index (χ1) is 14.9. The molecular formula is C25H26ClN3O2. The average molecular weight is 436 g/mol. The predicted molar refractivity (Wildman–Crippen MR) is 128 cm³/mol. The molecule has 4 aromatic rings. The van der Waals surface area contributed by atoms with E-state index in [0.29, 0.717) is 11.6 Å². The molecule has 3 aromatic carbocycles. The molecule has 0 N–H and O–H groups in total. The first kappa shape index (κ1) is 21.1. The van der Waals surface area contributed by atoms with E-state index in [1.807, 2.05) is 72.3 Å². The van der Waals surface area contributed by atoms with Crippen molar-refractivity contribution >= 4 is 34.0 Å². The van der Waals surface area contributed by atoms with Crippen LogP contribution in [-0.2, 0) is 13.6 Å². The monoisotopic (exact) mass is 435 g/mol. The zero-order chi connectivity index (χ0) is 22.1. The zero-order valence-corrected chi connectivity index (χ0v) is 18.9. The molecule has 5 nitrogen and oxygen atoms in total. The summed E-state index contributed by atoms with van der Waals surface area (Å²) < 4.78 is 8.80. The predicted octanol–water partition coefficient (Wildman–Crippen LogP) is 5.60. The number of ether oxygens (including phenoxy) is 1. The van der Waals surface area contributed by atoms with Gasteiger partial charge in [-0.05, 0) is 67.9 Å². The second-order valence-electron chi connectivity index (χ2n) is 7.86. The number of methoxy groups -OCH3 is 1. The third kappa shape index (κ3) is 3.93. The number of hydrogen-bond acceptors (Lipinski definition) is 3. The van der Waals surface area contributed by atoms with Gasteiger partial charge in [-0.1, -0.05) is 29.8 Å². The van der Waals surface area contributed by atoms with Gasteiger partial charge in [-0.25, -0.2) is 4.79 Å². The molecule has 0 bridgehead atoms. The van der Waals surface area contributed by atoms with Crippen LogP contribution in [0.4, 0.5) is 11.4 Å². The molecule has 0 aliphatic rings. The lowest BCUT2D eigenvalue weighted by Gasteiger charge is -2.30. The minimum atomic E-state index is -0.0434. The number of fused-ring (bicyclic) bond motifs is 1. The van der Waals surface area contributed by atoms with E-state index in [0.717, 1.165) is 33.7 Å². The third-order valence-corrected chi connectivity index (χ3v) is 5.77. The average Bonchev–Trinajstić information content (AvgIpc) is 3.01. The fourth-order valence-corrected chi connectivity index (χ4v) is 4.16. The van der Waals surface area contributed by atoms with E-state index in [1.54, 1.807) is 11.7 Å². The van der Waals surface area contributed by atoms with E-state index >= 15 is 0 Å². The van der Waals surface area contributed by atoms with Gasteiger partial charge < -0.3 is 9.64 Å². The van der Waals surface area contributed by atoms with Gasteiger partial charge in [0.05, 0.1) is 30.4 Å². The largest absolute Gasteiger partial charge is 0.497 e. The molecule has 0 saturated carbocycles. The van der Waals surface area contributed by atoms with Crippen LogP contribution in [0.2, 0.25) is 5.02 Å². The molecule has 0 amide bonds. The van der Waals surface area contributed by atoms with Crippen LogP contribution >= 0.6 is 11.6 Å². The minimum absolute atomic E-state index is 0.0434. The molecule has 0 atom stereocenters. The Morgan fingerprint density at radius 3 is 2.29 bits per heavy atom. The van der Waals surface area contributed by atoms with Crippen molar-refractivity contribution in [3.63, 3.8) is 0 Å². The Morgan fingerprint density at radius 1 is 1.00 bits per heavy atom. The van der Waals surface area contributed by atoms with Crippen LogP contribution in [0.15, 0.2) is 71.5 Å². The number of aromatic nitrogens is 2. The maximum absolute atomic E-state index is 13.2. The van der Waals surface area contributed by atoms with Crippen LogP contribution in [0.1, 0.15) is 19.4 Å². The smallest absolute Gasteiger partial charge is 0.329 e. The van der Waals surface area contributed by atoms with E-state index in [1.165, 1.54) is 0 Å². The molecule has 0 spiro atoms. The summed E-state index contributed by atoms with van der Waals surface area (Å²) in [6, 6.07) is 21.9. The second kappa shape index (κ2) is 8.52. The first-order valence-electron chi connectivity index (χ1n) is 10.3. The molecule has 31 heavy (non-hydrogen) atoms. The number of anilines is 2. The maximum atomic E-state index is 13.2. The molecule has 0 aliphatic carbocycles. The van der Waals surface area contributed by atoms with E-state index < -0.39 is 0 Å². The number of hydrogen-bond donors (Lipinski definition) is 0. The van der Waals surface area contributed by atoms with Crippen LogP contribution in [0.3, 0.4) is 0 Å². The lowest BCUT2D eigenvalue weighted by atomic mass is 10.1. The van der Waals surface area contributed by atoms with Crippen molar-refractivity contribution in [1.82, 2.24) is 9.13 Å². The Kier molecular flexibility index (Phi) is 5.79. The van der Waals surface area contributed by atoms with E-state index in [2.05, 4.69) is 24.8 Å². The van der Waals surface area contributed by atoms with Crippen LogP contribution in [0, 0.1) is 0 Å². The van der Waals surface area contributed by atoms with Crippen LogP contribution in [0.25, 0.3) is 11.0 Å². The van der Waals surface area contributed by atoms with Crippen molar-refractivity contribution in [3.8, 4) is 5.75 Å². The van der Waals surface area contributed by atoms with Crippen molar-refractivity contribution in [2.45, 2.75) is 26.4 Å². The third-order valence-electron chi connectivity index (χ3n) is 5.52. The van der Waals surface area contributed by atoms with Crippen molar-refractivity contribution < 1.29 is 4.74 Å². The SMILES string of the molecule is COc1ccc(Cn2c(=O)n(C)c3c(N(c4ccc(Cl)cc4)C(C)C)cccc32)cc1. The molecule has 4 rings (SSSR count). The molecule has 0 radical (unpaired) electrons. The quantitative estimate of drug-likeness (QED) is 0.396. The van der Waals surface area contributed by atoms with Crippen molar-refractivity contribution in [1.29, 1.82) is 0 Å². The van der Waals surface area contributed by atoms with Crippen LogP contribution in [-0.4, -0.2) is 22.3 Å². The zero-order valence-electron chi connectivity index (χ0n) is 18.2. The number of aryl methyl sites for hydroxylation is 1. The summed E-state index contributed by atoms with van der Waals surface area (Å²) in [6.07, 6.45) is 0. The Balaban J connectivity index is 1.85. The van der Waals surface area contributed by atoms with Gasteiger partial charge in [0.1, 0.15) is 5.75 Å². The van der Waals surface area contributed by atoms with Gasteiger partial charge >= 0.3 is 5.69 Å². The van der Waals surface area contributed by atoms with Gasteiger partial charge in [0.2, 0.25) is 0 Å². The van der Waals surface area contributed by atoms with Gasteiger partial charge in [0, 0.05) is 23.8 Å². The van der Waals surface area contributed by atoms with E-state index in [-0.39, 0.29) is 11.7 Å². The van der Waals surface area contributed by atoms with Crippen molar-refractivity contribution in [2.24, 2.45) is 7.05 Å². The van der Waals surface area contributed by atoms with Gasteiger partial charge in [0.15, 0.2) is 0 Å². The fourth-order valence-electron chi connectivity index (χ4n) is 4.04. The summed E-state index contributed by atoms with van der Waals surface area (Å²) in [6.45, 7) is 4.77. The summed E-state index contributed by atoms with van der Waals surface area (Å²) in [5.74, 6) is 0.798.